The van der Waals surface area contributed by atoms with Crippen LogP contribution in [0.5, 0.6) is 5.75 Å². The van der Waals surface area contributed by atoms with Crippen molar-refractivity contribution in [1.29, 1.82) is 0 Å². The Morgan fingerprint density at radius 1 is 1.12 bits per heavy atom. The van der Waals surface area contributed by atoms with Gasteiger partial charge in [0.2, 0.25) is 5.01 Å². The summed E-state index contributed by atoms with van der Waals surface area (Å²) in [6.07, 6.45) is 1.46. The summed E-state index contributed by atoms with van der Waals surface area (Å²) in [5.41, 5.74) is 1.64. The van der Waals surface area contributed by atoms with E-state index in [0.29, 0.717) is 29.4 Å². The van der Waals surface area contributed by atoms with Gasteiger partial charge in [0.25, 0.3) is 5.91 Å². The molecule has 2 N–H and O–H groups in total. The number of carbonyl (C=O) groups excluding carboxylic acids is 2. The maximum Gasteiger partial charge on any atom is 0.322 e. The van der Waals surface area contributed by atoms with Crippen molar-refractivity contribution in [3.63, 3.8) is 0 Å². The molecule has 11 heteroatoms. The number of amides is 3. The van der Waals surface area contributed by atoms with E-state index >= 15 is 0 Å². The van der Waals surface area contributed by atoms with Crippen molar-refractivity contribution < 1.29 is 23.1 Å². The Kier molecular flexibility index (Phi) is 6.50. The number of urea groups is 1. The molecule has 0 unspecified atom stereocenters. The van der Waals surface area contributed by atoms with Crippen LogP contribution in [0.2, 0.25) is 0 Å². The summed E-state index contributed by atoms with van der Waals surface area (Å²) in [7, 11) is 1.53. The van der Waals surface area contributed by atoms with Crippen molar-refractivity contribution in [2.75, 3.05) is 24.3 Å². The molecular weight excluding hydrogens is 452 g/mol. The van der Waals surface area contributed by atoms with Gasteiger partial charge >= 0.3 is 6.03 Å². The zero-order chi connectivity index (χ0) is 23.5. The van der Waals surface area contributed by atoms with Crippen molar-refractivity contribution in [2.24, 2.45) is 0 Å². The lowest BCUT2D eigenvalue weighted by Crippen LogP contribution is -2.34. The van der Waals surface area contributed by atoms with Crippen LogP contribution in [0, 0.1) is 18.6 Å². The largest absolute Gasteiger partial charge is 0.495 e. The van der Waals surface area contributed by atoms with E-state index in [-0.39, 0.29) is 22.8 Å². The van der Waals surface area contributed by atoms with Crippen LogP contribution in [0.4, 0.5) is 25.0 Å². The number of anilines is 2. The Labute approximate surface area is 192 Å². The fourth-order valence-electron chi connectivity index (χ4n) is 3.59. The highest BCUT2D eigenvalue weighted by Crippen LogP contribution is 2.35. The van der Waals surface area contributed by atoms with E-state index in [1.807, 2.05) is 19.1 Å². The van der Waals surface area contributed by atoms with Gasteiger partial charge in [-0.15, -0.1) is 10.2 Å². The fraction of sp³-hybridized carbons (Fsp3) is 0.273. The lowest BCUT2D eigenvalue weighted by atomic mass is 10.2. The summed E-state index contributed by atoms with van der Waals surface area (Å²) in [5, 5.41) is 14.0. The Bertz CT molecular complexity index is 1200. The number of methoxy groups -OCH3 is 1. The average Bonchev–Trinajstić information content (AvgIpc) is 3.46. The molecule has 1 saturated heterocycles. The minimum absolute atomic E-state index is 0.0577. The van der Waals surface area contributed by atoms with Crippen molar-refractivity contribution in [1.82, 2.24) is 15.1 Å². The second kappa shape index (κ2) is 9.49. The molecule has 172 valence electrons. The lowest BCUT2D eigenvalue weighted by Gasteiger charge is -2.23. The normalized spacial score (nSPS) is 15.4. The van der Waals surface area contributed by atoms with E-state index in [0.717, 1.165) is 35.5 Å². The molecule has 0 radical (unpaired) electrons. The third-order valence-electron chi connectivity index (χ3n) is 5.21. The van der Waals surface area contributed by atoms with E-state index in [9.17, 15) is 18.4 Å². The number of carbonyl (C=O) groups is 2. The minimum atomic E-state index is -1.07. The van der Waals surface area contributed by atoms with Gasteiger partial charge in [-0.25, -0.2) is 13.6 Å². The number of halogens is 2. The summed E-state index contributed by atoms with van der Waals surface area (Å²) in [4.78, 5) is 27.1. The fourth-order valence-corrected chi connectivity index (χ4v) is 4.48. The summed E-state index contributed by atoms with van der Waals surface area (Å²) >= 11 is 1.05. The third-order valence-corrected chi connectivity index (χ3v) is 6.23. The topological polar surface area (TPSA) is 96.4 Å². The molecule has 1 fully saturated rings. The minimum Gasteiger partial charge on any atom is -0.495 e. The zero-order valence-electron chi connectivity index (χ0n) is 17.9. The molecule has 0 aliphatic carbocycles. The Hall–Kier alpha value is -3.60. The first-order valence-electron chi connectivity index (χ1n) is 10.2. The van der Waals surface area contributed by atoms with Crippen molar-refractivity contribution in [3.8, 4) is 5.75 Å². The van der Waals surface area contributed by atoms with Crippen LogP contribution in [0.15, 0.2) is 36.4 Å². The predicted octanol–water partition coefficient (Wildman–Crippen LogP) is 4.75. The molecule has 1 atom stereocenters. The molecular formula is C22H21F2N5O3S. The zero-order valence-corrected chi connectivity index (χ0v) is 18.7. The van der Waals surface area contributed by atoms with Crippen LogP contribution >= 0.6 is 11.3 Å². The molecule has 2 heterocycles. The highest BCUT2D eigenvalue weighted by molar-refractivity contribution is 7.13. The third kappa shape index (κ3) is 4.92. The van der Waals surface area contributed by atoms with Gasteiger partial charge in [-0.05, 0) is 49.6 Å². The van der Waals surface area contributed by atoms with Crippen LogP contribution in [0.3, 0.4) is 0 Å². The Balaban J connectivity index is 1.47. The molecule has 1 aromatic heterocycles. The molecule has 8 nitrogen and oxygen atoms in total. The molecule has 1 aliphatic heterocycles. The van der Waals surface area contributed by atoms with E-state index in [4.69, 9.17) is 4.74 Å². The number of ether oxygens (including phenoxy) is 1. The van der Waals surface area contributed by atoms with Crippen LogP contribution in [0.25, 0.3) is 0 Å². The number of hydrogen-bond acceptors (Lipinski definition) is 6. The Morgan fingerprint density at radius 3 is 2.70 bits per heavy atom. The van der Waals surface area contributed by atoms with Crippen molar-refractivity contribution in [2.45, 2.75) is 25.8 Å². The van der Waals surface area contributed by atoms with Crippen molar-refractivity contribution >= 4 is 34.6 Å². The standard InChI is InChI=1S/C22H21F2N5O3S/c1-12-5-8-18(32-2)16(10-12)26-22(31)29-9-3-4-17(29)20-27-28-21(33-20)19(30)25-13-6-7-14(23)15(24)11-13/h5-8,10-11,17H,3-4,9H2,1-2H3,(H,25,30)(H,26,31)/t17-/m0/s1. The molecule has 4 rings (SSSR count). The molecule has 0 saturated carbocycles. The van der Waals surface area contributed by atoms with E-state index in [1.165, 1.54) is 13.2 Å². The summed E-state index contributed by atoms with van der Waals surface area (Å²) < 4.78 is 31.8. The quantitative estimate of drug-likeness (QED) is 0.557. The highest BCUT2D eigenvalue weighted by atomic mass is 32.1. The summed E-state index contributed by atoms with van der Waals surface area (Å²) in [5.74, 6) is -2.11. The van der Waals surface area contributed by atoms with Gasteiger partial charge in [-0.1, -0.05) is 17.4 Å². The van der Waals surface area contributed by atoms with Gasteiger partial charge in [0, 0.05) is 18.3 Å². The second-order valence-electron chi connectivity index (χ2n) is 7.51. The molecule has 3 aromatic rings. The number of aryl methyl sites for hydroxylation is 1. The van der Waals surface area contributed by atoms with E-state index in [2.05, 4.69) is 20.8 Å². The van der Waals surface area contributed by atoms with E-state index in [1.54, 1.807) is 11.0 Å². The first-order chi connectivity index (χ1) is 15.9. The maximum atomic E-state index is 13.4. The van der Waals surface area contributed by atoms with Gasteiger partial charge in [-0.3, -0.25) is 4.79 Å². The van der Waals surface area contributed by atoms with Crippen LogP contribution in [-0.2, 0) is 0 Å². The first kappa shape index (κ1) is 22.6. The molecule has 3 amide bonds. The second-order valence-corrected chi connectivity index (χ2v) is 8.52. The van der Waals surface area contributed by atoms with Gasteiger partial charge < -0.3 is 20.3 Å². The first-order valence-corrected chi connectivity index (χ1v) is 11.0. The van der Waals surface area contributed by atoms with Gasteiger partial charge in [0.1, 0.15) is 10.8 Å². The molecule has 1 aliphatic rings. The highest BCUT2D eigenvalue weighted by Gasteiger charge is 2.33. The summed E-state index contributed by atoms with van der Waals surface area (Å²) in [6.45, 7) is 2.45. The van der Waals surface area contributed by atoms with E-state index < -0.39 is 17.5 Å². The maximum absolute atomic E-state index is 13.4. The number of aromatic nitrogens is 2. The molecule has 0 spiro atoms. The van der Waals surface area contributed by atoms with Gasteiger partial charge in [-0.2, -0.15) is 0 Å². The van der Waals surface area contributed by atoms with Gasteiger partial charge in [0.05, 0.1) is 18.8 Å². The number of nitrogens with zero attached hydrogens (tertiary/aromatic N) is 3. The monoisotopic (exact) mass is 473 g/mol. The molecule has 33 heavy (non-hydrogen) atoms. The number of benzene rings is 2. The average molecular weight is 474 g/mol. The Morgan fingerprint density at radius 2 is 1.94 bits per heavy atom. The van der Waals surface area contributed by atoms with Crippen molar-refractivity contribution in [3.05, 3.63) is 63.6 Å². The SMILES string of the molecule is COc1ccc(C)cc1NC(=O)N1CCC[C@H]1c1nnc(C(=O)Nc2ccc(F)c(F)c2)s1. The number of hydrogen-bond donors (Lipinski definition) is 2. The van der Waals surface area contributed by atoms with Crippen LogP contribution < -0.4 is 15.4 Å². The number of nitrogens with one attached hydrogen (secondary N) is 2. The summed E-state index contributed by atoms with van der Waals surface area (Å²) in [6, 6.07) is 7.93. The van der Waals surface area contributed by atoms with Gasteiger partial charge in [0.15, 0.2) is 11.6 Å². The lowest BCUT2D eigenvalue weighted by molar-refractivity contribution is 0.102. The smallest absolute Gasteiger partial charge is 0.322 e. The van der Waals surface area contributed by atoms with Crippen LogP contribution in [-0.4, -0.2) is 40.7 Å². The number of likely N-dealkylation sites (tertiary alicyclic amines) is 1. The predicted molar refractivity (Wildman–Crippen MR) is 120 cm³/mol. The molecule has 0 bridgehead atoms. The number of rotatable bonds is 5. The molecule has 2 aromatic carbocycles. The van der Waals surface area contributed by atoms with Crippen LogP contribution in [0.1, 0.15) is 39.3 Å².